The monoisotopic (exact) mass is 474 g/mol. The van der Waals surface area contributed by atoms with E-state index in [1.807, 2.05) is 36.4 Å². The molecule has 0 aliphatic rings. The molecule has 0 fully saturated rings. The molecule has 33 heavy (non-hydrogen) atoms. The Kier molecular flexibility index (Phi) is 6.28. The first-order valence-electron chi connectivity index (χ1n) is 10.6. The van der Waals surface area contributed by atoms with E-state index < -0.39 is 0 Å². The minimum atomic E-state index is -0.0937. The number of nitrogens with zero attached hydrogens (tertiary/aromatic N) is 2. The molecular formula is C25H22N4O2S2. The lowest BCUT2D eigenvalue weighted by molar-refractivity contribution is 0.0949. The van der Waals surface area contributed by atoms with Crippen LogP contribution in [0.15, 0.2) is 81.7 Å². The van der Waals surface area contributed by atoms with Gasteiger partial charge in [0.05, 0.1) is 11.3 Å². The Morgan fingerprint density at radius 3 is 2.82 bits per heavy atom. The van der Waals surface area contributed by atoms with Crippen LogP contribution >= 0.6 is 23.1 Å². The number of hydrogen-bond acceptors (Lipinski definition) is 6. The number of thiophene rings is 1. The zero-order valence-corrected chi connectivity index (χ0v) is 19.6. The molecule has 1 atom stereocenters. The van der Waals surface area contributed by atoms with Crippen LogP contribution in [-0.2, 0) is 5.75 Å². The van der Waals surface area contributed by atoms with E-state index in [9.17, 15) is 4.79 Å². The van der Waals surface area contributed by atoms with Crippen molar-refractivity contribution >= 4 is 39.9 Å². The lowest BCUT2D eigenvalue weighted by atomic mass is 9.96. The highest BCUT2D eigenvalue weighted by Crippen LogP contribution is 2.33. The number of aromatic amines is 1. The maximum Gasteiger partial charge on any atom is 0.252 e. The average molecular weight is 475 g/mol. The molecular weight excluding hydrogens is 452 g/mol. The Balaban J connectivity index is 1.35. The van der Waals surface area contributed by atoms with Crippen LogP contribution in [0, 0.1) is 6.92 Å². The summed E-state index contributed by atoms with van der Waals surface area (Å²) in [7, 11) is 0. The molecule has 0 saturated heterocycles. The molecule has 3 heterocycles. The van der Waals surface area contributed by atoms with Crippen LogP contribution in [0.1, 0.15) is 38.4 Å². The van der Waals surface area contributed by atoms with Gasteiger partial charge in [-0.2, -0.15) is 4.98 Å². The van der Waals surface area contributed by atoms with Crippen LogP contribution < -0.4 is 5.32 Å². The first-order valence-corrected chi connectivity index (χ1v) is 12.4. The molecule has 5 rings (SSSR count). The van der Waals surface area contributed by atoms with Gasteiger partial charge in [0.25, 0.3) is 5.91 Å². The Morgan fingerprint density at radius 1 is 1.15 bits per heavy atom. The number of rotatable bonds is 8. The number of nitrogens with one attached hydrogen (secondary N) is 2. The van der Waals surface area contributed by atoms with Crippen molar-refractivity contribution in [1.29, 1.82) is 0 Å². The Bertz CT molecular complexity index is 1370. The fourth-order valence-electron chi connectivity index (χ4n) is 3.85. The van der Waals surface area contributed by atoms with Crippen molar-refractivity contribution < 1.29 is 9.32 Å². The van der Waals surface area contributed by atoms with E-state index in [2.05, 4.69) is 56.3 Å². The summed E-state index contributed by atoms with van der Waals surface area (Å²) in [6.07, 6.45) is 2.05. The first-order chi connectivity index (χ1) is 16.2. The fourth-order valence-corrected chi connectivity index (χ4v) is 5.59. The predicted molar refractivity (Wildman–Crippen MR) is 132 cm³/mol. The SMILES string of the molecule is Cc1nc(CSc2ccccc2C(=O)NCC(c2cccs2)c2c[nH]c3ccccc23)no1. The van der Waals surface area contributed by atoms with Gasteiger partial charge >= 0.3 is 0 Å². The lowest BCUT2D eigenvalue weighted by Crippen LogP contribution is -2.29. The molecule has 5 aromatic rings. The summed E-state index contributed by atoms with van der Waals surface area (Å²) >= 11 is 3.23. The van der Waals surface area contributed by atoms with Crippen molar-refractivity contribution in [1.82, 2.24) is 20.4 Å². The Morgan fingerprint density at radius 2 is 2.00 bits per heavy atom. The van der Waals surface area contributed by atoms with Crippen molar-refractivity contribution in [3.63, 3.8) is 0 Å². The first kappa shape index (κ1) is 21.5. The molecule has 8 heteroatoms. The van der Waals surface area contributed by atoms with Gasteiger partial charge in [0.2, 0.25) is 5.89 Å². The predicted octanol–water partition coefficient (Wildman–Crippen LogP) is 5.78. The molecule has 0 bridgehead atoms. The number of hydrogen-bond donors (Lipinski definition) is 2. The number of amides is 1. The lowest BCUT2D eigenvalue weighted by Gasteiger charge is -2.17. The molecule has 166 valence electrons. The smallest absolute Gasteiger partial charge is 0.252 e. The molecule has 3 aromatic heterocycles. The number of aromatic nitrogens is 3. The molecule has 0 aliphatic heterocycles. The van der Waals surface area contributed by atoms with E-state index in [-0.39, 0.29) is 11.8 Å². The van der Waals surface area contributed by atoms with E-state index in [0.29, 0.717) is 29.6 Å². The van der Waals surface area contributed by atoms with E-state index in [1.54, 1.807) is 18.3 Å². The van der Waals surface area contributed by atoms with Gasteiger partial charge in [-0.15, -0.1) is 23.1 Å². The third-order valence-electron chi connectivity index (χ3n) is 5.41. The number of aryl methyl sites for hydroxylation is 1. The molecule has 1 amide bonds. The van der Waals surface area contributed by atoms with E-state index >= 15 is 0 Å². The largest absolute Gasteiger partial charge is 0.361 e. The van der Waals surface area contributed by atoms with Gasteiger partial charge in [0.15, 0.2) is 5.82 Å². The highest BCUT2D eigenvalue weighted by Gasteiger charge is 2.21. The van der Waals surface area contributed by atoms with Crippen molar-refractivity contribution in [3.05, 3.63) is 100.0 Å². The summed E-state index contributed by atoms with van der Waals surface area (Å²) in [5.74, 6) is 1.66. The number of carbonyl (C=O) groups is 1. The summed E-state index contributed by atoms with van der Waals surface area (Å²) in [4.78, 5) is 22.9. The summed E-state index contributed by atoms with van der Waals surface area (Å²) in [5.41, 5.74) is 2.92. The third kappa shape index (κ3) is 4.72. The average Bonchev–Trinajstić information content (AvgIpc) is 3.60. The number of carbonyl (C=O) groups excluding carboxylic acids is 1. The molecule has 0 spiro atoms. The van der Waals surface area contributed by atoms with Crippen molar-refractivity contribution in [2.24, 2.45) is 0 Å². The van der Waals surface area contributed by atoms with Gasteiger partial charge in [-0.05, 0) is 35.2 Å². The maximum absolute atomic E-state index is 13.2. The second-order valence-corrected chi connectivity index (χ2v) is 9.58. The van der Waals surface area contributed by atoms with E-state index in [1.165, 1.54) is 27.6 Å². The van der Waals surface area contributed by atoms with Gasteiger partial charge in [-0.1, -0.05) is 41.6 Å². The summed E-state index contributed by atoms with van der Waals surface area (Å²) in [6, 6.07) is 20.0. The molecule has 0 aliphatic carbocycles. The normalized spacial score (nSPS) is 12.2. The minimum Gasteiger partial charge on any atom is -0.361 e. The van der Waals surface area contributed by atoms with Gasteiger partial charge in [0, 0.05) is 46.3 Å². The molecule has 0 radical (unpaired) electrons. The number of fused-ring (bicyclic) bond motifs is 1. The van der Waals surface area contributed by atoms with Gasteiger partial charge in [-0.25, -0.2) is 0 Å². The summed E-state index contributed by atoms with van der Waals surface area (Å²) in [6.45, 7) is 2.27. The van der Waals surface area contributed by atoms with Crippen molar-refractivity contribution in [2.45, 2.75) is 23.5 Å². The maximum atomic E-state index is 13.2. The number of H-pyrrole nitrogens is 1. The minimum absolute atomic E-state index is 0.0622. The van der Waals surface area contributed by atoms with Crippen LogP contribution in [0.3, 0.4) is 0 Å². The Hall–Kier alpha value is -3.36. The van der Waals surface area contributed by atoms with Crippen LogP contribution in [-0.4, -0.2) is 27.6 Å². The van der Waals surface area contributed by atoms with Crippen LogP contribution in [0.2, 0.25) is 0 Å². The van der Waals surface area contributed by atoms with E-state index in [4.69, 9.17) is 4.52 Å². The summed E-state index contributed by atoms with van der Waals surface area (Å²) < 4.78 is 5.04. The Labute approximate surface area is 199 Å². The highest BCUT2D eigenvalue weighted by molar-refractivity contribution is 7.98. The number of benzene rings is 2. The third-order valence-corrected chi connectivity index (χ3v) is 7.46. The van der Waals surface area contributed by atoms with Crippen LogP contribution in [0.4, 0.5) is 0 Å². The second-order valence-electron chi connectivity index (χ2n) is 7.58. The number of para-hydroxylation sites is 1. The standard InChI is InChI=1S/C25H22N4O2S2/c1-16-28-24(29-31-16)15-33-22-10-5-3-8-18(22)25(30)27-14-20(23-11-6-12-32-23)19-13-26-21-9-4-2-7-17(19)21/h2-13,20,26H,14-15H2,1H3,(H,27,30). The van der Waals surface area contributed by atoms with Gasteiger partial charge in [-0.3, -0.25) is 4.79 Å². The highest BCUT2D eigenvalue weighted by atomic mass is 32.2. The molecule has 1 unspecified atom stereocenters. The molecule has 2 N–H and O–H groups in total. The molecule has 2 aromatic carbocycles. The topological polar surface area (TPSA) is 83.8 Å². The summed E-state index contributed by atoms with van der Waals surface area (Å²) in [5, 5.41) is 10.4. The van der Waals surface area contributed by atoms with Crippen molar-refractivity contribution in [3.8, 4) is 0 Å². The van der Waals surface area contributed by atoms with Gasteiger partial charge in [0.1, 0.15) is 0 Å². The van der Waals surface area contributed by atoms with E-state index in [0.717, 1.165) is 10.4 Å². The zero-order valence-electron chi connectivity index (χ0n) is 17.9. The number of thioether (sulfide) groups is 1. The van der Waals surface area contributed by atoms with Gasteiger partial charge < -0.3 is 14.8 Å². The fraction of sp³-hybridized carbons (Fsp3) is 0.160. The van der Waals surface area contributed by atoms with Crippen LogP contribution in [0.5, 0.6) is 0 Å². The quantitative estimate of drug-likeness (QED) is 0.279. The van der Waals surface area contributed by atoms with Crippen molar-refractivity contribution in [2.75, 3.05) is 6.54 Å². The molecule has 6 nitrogen and oxygen atoms in total. The van der Waals surface area contributed by atoms with Crippen LogP contribution in [0.25, 0.3) is 10.9 Å². The molecule has 0 saturated carbocycles. The zero-order chi connectivity index (χ0) is 22.6. The second kappa shape index (κ2) is 9.64.